The number of fused-ring (bicyclic) bond motifs is 3. The van der Waals surface area contributed by atoms with Crippen LogP contribution in [0.2, 0.25) is 0 Å². The molecule has 1 spiro atoms. The maximum Gasteiger partial charge on any atom is 0.316 e. The first-order valence-corrected chi connectivity index (χ1v) is 7.46. The standard InChI is InChI=1S/C15H20O5/c1-6(2)8-9-7-4-5-14(3)13(18)20-15(7,14)11(16)10(8)19-12(9)17/h6-11,16H,4-5H2,1-3H3/t7-,8-,9+,10+,11+,14+,15-/m0/s1. The lowest BCUT2D eigenvalue weighted by Crippen LogP contribution is -2.76. The Morgan fingerprint density at radius 1 is 1.35 bits per heavy atom. The van der Waals surface area contributed by atoms with Crippen molar-refractivity contribution in [3.63, 3.8) is 0 Å². The first-order chi connectivity index (χ1) is 9.34. The fourth-order valence-corrected chi connectivity index (χ4v) is 5.38. The molecule has 110 valence electrons. The average Bonchev–Trinajstić information content (AvgIpc) is 2.81. The van der Waals surface area contributed by atoms with Crippen molar-refractivity contribution >= 4 is 11.9 Å². The van der Waals surface area contributed by atoms with Crippen LogP contribution >= 0.6 is 0 Å². The molecule has 0 amide bonds. The van der Waals surface area contributed by atoms with Gasteiger partial charge in [-0.3, -0.25) is 9.59 Å². The molecule has 2 aliphatic heterocycles. The number of carbonyl (C=O) groups excluding carboxylic acids is 2. The topological polar surface area (TPSA) is 72.8 Å². The van der Waals surface area contributed by atoms with Crippen molar-refractivity contribution in [1.82, 2.24) is 0 Å². The van der Waals surface area contributed by atoms with Gasteiger partial charge >= 0.3 is 11.9 Å². The summed E-state index contributed by atoms with van der Waals surface area (Å²) in [6, 6.07) is 0. The molecule has 4 fully saturated rings. The fourth-order valence-electron chi connectivity index (χ4n) is 5.38. The van der Waals surface area contributed by atoms with Gasteiger partial charge in [0.15, 0.2) is 5.60 Å². The van der Waals surface area contributed by atoms with E-state index in [9.17, 15) is 14.7 Å². The lowest BCUT2D eigenvalue weighted by molar-refractivity contribution is -0.292. The summed E-state index contributed by atoms with van der Waals surface area (Å²) in [6.45, 7) is 5.97. The van der Waals surface area contributed by atoms with E-state index in [0.717, 1.165) is 6.42 Å². The van der Waals surface area contributed by atoms with Gasteiger partial charge in [0.1, 0.15) is 17.6 Å². The molecule has 0 radical (unpaired) electrons. The molecule has 4 aliphatic rings. The van der Waals surface area contributed by atoms with Crippen molar-refractivity contribution in [1.29, 1.82) is 0 Å². The van der Waals surface area contributed by atoms with E-state index in [0.29, 0.717) is 6.42 Å². The van der Waals surface area contributed by atoms with Crippen molar-refractivity contribution in [2.24, 2.45) is 29.1 Å². The summed E-state index contributed by atoms with van der Waals surface area (Å²) < 4.78 is 11.0. The maximum absolute atomic E-state index is 12.2. The van der Waals surface area contributed by atoms with E-state index >= 15 is 0 Å². The Bertz CT molecular complexity index is 514. The molecule has 0 aromatic heterocycles. The number of ether oxygens (including phenoxy) is 2. The summed E-state index contributed by atoms with van der Waals surface area (Å²) >= 11 is 0. The van der Waals surface area contributed by atoms with Crippen LogP contribution in [0.1, 0.15) is 33.6 Å². The predicted octanol–water partition coefficient (Wildman–Crippen LogP) is 0.887. The van der Waals surface area contributed by atoms with Crippen LogP contribution in [-0.4, -0.2) is 34.9 Å². The van der Waals surface area contributed by atoms with E-state index in [2.05, 4.69) is 13.8 Å². The molecule has 5 heteroatoms. The second-order valence-electron chi connectivity index (χ2n) is 7.35. The minimum absolute atomic E-state index is 0.0229. The smallest absolute Gasteiger partial charge is 0.316 e. The Morgan fingerprint density at radius 2 is 2.05 bits per heavy atom. The van der Waals surface area contributed by atoms with Crippen LogP contribution in [0.15, 0.2) is 0 Å². The Balaban J connectivity index is 1.84. The van der Waals surface area contributed by atoms with Gasteiger partial charge in [0.2, 0.25) is 0 Å². The Labute approximate surface area is 117 Å². The highest BCUT2D eigenvalue weighted by Crippen LogP contribution is 2.69. The summed E-state index contributed by atoms with van der Waals surface area (Å²) in [5.74, 6) is -0.520. The third-order valence-corrected chi connectivity index (χ3v) is 6.35. The van der Waals surface area contributed by atoms with Crippen LogP contribution in [0.25, 0.3) is 0 Å². The molecule has 4 rings (SSSR count). The number of rotatable bonds is 1. The molecule has 7 atom stereocenters. The quantitative estimate of drug-likeness (QED) is 0.722. The van der Waals surface area contributed by atoms with Gasteiger partial charge in [-0.25, -0.2) is 0 Å². The third-order valence-electron chi connectivity index (χ3n) is 6.35. The van der Waals surface area contributed by atoms with Gasteiger partial charge in [0.05, 0.1) is 5.92 Å². The predicted molar refractivity (Wildman–Crippen MR) is 67.4 cm³/mol. The molecule has 1 N–H and O–H groups in total. The zero-order valence-corrected chi connectivity index (χ0v) is 12.0. The monoisotopic (exact) mass is 280 g/mol. The number of hydrogen-bond donors (Lipinski definition) is 1. The van der Waals surface area contributed by atoms with Gasteiger partial charge in [0.25, 0.3) is 0 Å². The van der Waals surface area contributed by atoms with Crippen LogP contribution in [-0.2, 0) is 19.1 Å². The Morgan fingerprint density at radius 3 is 2.65 bits per heavy atom. The summed E-state index contributed by atoms with van der Waals surface area (Å²) in [5.41, 5.74) is -1.54. The summed E-state index contributed by atoms with van der Waals surface area (Å²) in [4.78, 5) is 24.1. The van der Waals surface area contributed by atoms with Crippen LogP contribution in [0.4, 0.5) is 0 Å². The first kappa shape index (κ1) is 12.6. The molecule has 2 heterocycles. The number of aliphatic hydroxyl groups excluding tert-OH is 1. The second-order valence-corrected chi connectivity index (χ2v) is 7.35. The van der Waals surface area contributed by atoms with Gasteiger partial charge < -0.3 is 14.6 Å². The van der Waals surface area contributed by atoms with E-state index in [1.54, 1.807) is 0 Å². The minimum atomic E-state index is -0.896. The van der Waals surface area contributed by atoms with Crippen molar-refractivity contribution in [2.45, 2.75) is 51.4 Å². The van der Waals surface area contributed by atoms with E-state index in [4.69, 9.17) is 9.47 Å². The van der Waals surface area contributed by atoms with E-state index in [-0.39, 0.29) is 35.6 Å². The van der Waals surface area contributed by atoms with Crippen LogP contribution in [0, 0.1) is 29.1 Å². The Hall–Kier alpha value is -1.10. The van der Waals surface area contributed by atoms with Crippen LogP contribution < -0.4 is 0 Å². The van der Waals surface area contributed by atoms with Gasteiger partial charge in [0, 0.05) is 11.8 Å². The van der Waals surface area contributed by atoms with Crippen LogP contribution in [0.5, 0.6) is 0 Å². The highest BCUT2D eigenvalue weighted by molar-refractivity contribution is 5.88. The molecule has 0 unspecified atom stereocenters. The van der Waals surface area contributed by atoms with Gasteiger partial charge in [-0.15, -0.1) is 0 Å². The molecular weight excluding hydrogens is 260 g/mol. The number of aliphatic hydroxyl groups is 1. The van der Waals surface area contributed by atoms with Gasteiger partial charge in [-0.2, -0.15) is 0 Å². The first-order valence-electron chi connectivity index (χ1n) is 7.46. The summed E-state index contributed by atoms with van der Waals surface area (Å²) in [7, 11) is 0. The Kier molecular flexibility index (Phi) is 2.13. The largest absolute Gasteiger partial charge is 0.459 e. The zero-order valence-electron chi connectivity index (χ0n) is 12.0. The normalized spacial score (nSPS) is 56.0. The van der Waals surface area contributed by atoms with Gasteiger partial charge in [-0.1, -0.05) is 13.8 Å². The molecule has 2 aliphatic carbocycles. The molecule has 5 nitrogen and oxygen atoms in total. The lowest BCUT2D eigenvalue weighted by atomic mass is 9.54. The molecule has 2 saturated carbocycles. The number of carbonyl (C=O) groups is 2. The van der Waals surface area contributed by atoms with Gasteiger partial charge in [-0.05, 0) is 25.7 Å². The summed E-state index contributed by atoms with van der Waals surface area (Å²) in [5, 5.41) is 10.8. The van der Waals surface area contributed by atoms with Crippen LogP contribution in [0.3, 0.4) is 0 Å². The average molecular weight is 280 g/mol. The molecule has 0 aromatic rings. The fraction of sp³-hybridized carbons (Fsp3) is 0.867. The minimum Gasteiger partial charge on any atom is -0.459 e. The van der Waals surface area contributed by atoms with Crippen molar-refractivity contribution in [3.8, 4) is 0 Å². The number of hydrogen-bond acceptors (Lipinski definition) is 5. The summed E-state index contributed by atoms with van der Waals surface area (Å²) in [6.07, 6.45) is 0.00577. The third kappa shape index (κ3) is 1.01. The zero-order chi connectivity index (χ0) is 14.4. The lowest BCUT2D eigenvalue weighted by Gasteiger charge is -2.59. The molecule has 2 saturated heterocycles. The van der Waals surface area contributed by atoms with E-state index in [1.165, 1.54) is 0 Å². The molecule has 20 heavy (non-hydrogen) atoms. The highest BCUT2D eigenvalue weighted by Gasteiger charge is 2.83. The maximum atomic E-state index is 12.2. The van der Waals surface area contributed by atoms with Crippen molar-refractivity contribution < 1.29 is 24.2 Å². The SMILES string of the molecule is CC(C)[C@@H]1[C@H]2OC(=O)[C@@H]1[C@@H]1CC[C@]3(C)C(=O)O[C@]13[C@@H]2O. The molecule has 0 aromatic carbocycles. The second kappa shape index (κ2) is 3.38. The van der Waals surface area contributed by atoms with Crippen molar-refractivity contribution in [3.05, 3.63) is 0 Å². The molecular formula is C15H20O5. The number of esters is 2. The van der Waals surface area contributed by atoms with E-state index in [1.807, 2.05) is 6.92 Å². The highest BCUT2D eigenvalue weighted by atomic mass is 16.6. The molecule has 2 bridgehead atoms. The van der Waals surface area contributed by atoms with E-state index < -0.39 is 23.2 Å². The van der Waals surface area contributed by atoms with Crippen molar-refractivity contribution in [2.75, 3.05) is 0 Å².